The highest BCUT2D eigenvalue weighted by Crippen LogP contribution is 2.18. The van der Waals surface area contributed by atoms with Gasteiger partial charge in [0.25, 0.3) is 0 Å². The number of carbonyl (C=O) groups excluding carboxylic acids is 3. The summed E-state index contributed by atoms with van der Waals surface area (Å²) in [4.78, 5) is 43.2. The largest absolute Gasteiger partial charge is 0.379 e. The van der Waals surface area contributed by atoms with Crippen molar-refractivity contribution in [1.29, 1.82) is 0 Å². The number of rotatable bonds is 11. The lowest BCUT2D eigenvalue weighted by molar-refractivity contribution is 0.0371. The first-order chi connectivity index (χ1) is 17.3. The van der Waals surface area contributed by atoms with Gasteiger partial charge in [-0.2, -0.15) is 0 Å². The van der Waals surface area contributed by atoms with E-state index in [9.17, 15) is 18.8 Å². The Morgan fingerprint density at radius 3 is 2.53 bits per heavy atom. The van der Waals surface area contributed by atoms with Crippen LogP contribution in [0.2, 0.25) is 5.02 Å². The van der Waals surface area contributed by atoms with Gasteiger partial charge in [-0.1, -0.05) is 11.6 Å². The van der Waals surface area contributed by atoms with Crippen LogP contribution >= 0.6 is 11.6 Å². The van der Waals surface area contributed by atoms with Crippen LogP contribution in [-0.2, 0) is 24.6 Å². The van der Waals surface area contributed by atoms with Crippen LogP contribution < -0.4 is 0 Å². The van der Waals surface area contributed by atoms with Crippen LogP contribution in [0.1, 0.15) is 55.3 Å². The Balaban J connectivity index is 1.31. The van der Waals surface area contributed by atoms with Gasteiger partial charge in [-0.25, -0.2) is 4.39 Å². The number of H-pyrrole nitrogens is 1. The highest BCUT2D eigenvalue weighted by molar-refractivity contribution is 6.30. The first-order valence-corrected chi connectivity index (χ1v) is 12.3. The second-order valence-electron chi connectivity index (χ2n) is 9.07. The number of carbonyl (C=O) groups is 3. The molecule has 0 saturated carbocycles. The zero-order valence-corrected chi connectivity index (χ0v) is 20.9. The van der Waals surface area contributed by atoms with E-state index < -0.39 is 11.6 Å². The van der Waals surface area contributed by atoms with Crippen molar-refractivity contribution in [2.45, 2.75) is 25.7 Å². The Labute approximate surface area is 214 Å². The van der Waals surface area contributed by atoms with E-state index >= 15 is 0 Å². The Morgan fingerprint density at radius 2 is 1.78 bits per heavy atom. The van der Waals surface area contributed by atoms with E-state index in [-0.39, 0.29) is 35.0 Å². The molecule has 7 nitrogen and oxygen atoms in total. The van der Waals surface area contributed by atoms with E-state index in [1.807, 2.05) is 0 Å². The summed E-state index contributed by atoms with van der Waals surface area (Å²) >= 11 is 5.75. The first-order valence-electron chi connectivity index (χ1n) is 12.0. The fraction of sp³-hybridized carbons (Fsp3) is 0.370. The molecule has 9 heteroatoms. The van der Waals surface area contributed by atoms with E-state index in [1.54, 1.807) is 36.1 Å². The summed E-state index contributed by atoms with van der Waals surface area (Å²) in [6, 6.07) is 7.30. The number of hydrogen-bond donors (Lipinski definition) is 1. The number of halogens is 2. The second kappa shape index (κ2) is 11.8. The highest BCUT2D eigenvalue weighted by atomic mass is 35.5. The molecule has 0 unspecified atom stereocenters. The summed E-state index contributed by atoms with van der Waals surface area (Å²) < 4.78 is 21.1. The highest BCUT2D eigenvalue weighted by Gasteiger charge is 2.18. The predicted octanol–water partition coefficient (Wildman–Crippen LogP) is 4.29. The summed E-state index contributed by atoms with van der Waals surface area (Å²) in [6.07, 6.45) is 4.68. The first kappa shape index (κ1) is 26.0. The maximum atomic E-state index is 14.0. The molecule has 1 aliphatic heterocycles. The van der Waals surface area contributed by atoms with Crippen LogP contribution in [0.3, 0.4) is 0 Å². The lowest BCUT2D eigenvalue weighted by Crippen LogP contribution is -2.36. The number of benzene rings is 1. The number of nitrogens with zero attached hydrogens (tertiary/aromatic N) is 2. The summed E-state index contributed by atoms with van der Waals surface area (Å²) in [5, 5.41) is 0.220. The Kier molecular flexibility index (Phi) is 8.51. The van der Waals surface area contributed by atoms with Crippen molar-refractivity contribution in [2.24, 2.45) is 7.05 Å². The molecule has 1 aromatic carbocycles. The molecule has 1 saturated heterocycles. The van der Waals surface area contributed by atoms with Gasteiger partial charge in [0.2, 0.25) is 0 Å². The van der Waals surface area contributed by atoms with Crippen molar-refractivity contribution in [2.75, 3.05) is 32.8 Å². The van der Waals surface area contributed by atoms with Crippen molar-refractivity contribution >= 4 is 29.0 Å². The molecule has 1 fully saturated rings. The van der Waals surface area contributed by atoms with Crippen LogP contribution in [-0.4, -0.2) is 64.6 Å². The fourth-order valence-electron chi connectivity index (χ4n) is 4.40. The molecule has 0 amide bonds. The molecule has 190 valence electrons. The Bertz CT molecular complexity index is 1260. The van der Waals surface area contributed by atoms with Crippen molar-refractivity contribution in [3.8, 4) is 0 Å². The van der Waals surface area contributed by atoms with Crippen molar-refractivity contribution in [3.63, 3.8) is 0 Å². The molecule has 0 radical (unpaired) electrons. The van der Waals surface area contributed by atoms with Gasteiger partial charge in [0, 0.05) is 56.8 Å². The van der Waals surface area contributed by atoms with Crippen LogP contribution in [0.4, 0.5) is 4.39 Å². The number of morpholine rings is 1. The van der Waals surface area contributed by atoms with Gasteiger partial charge in [0.1, 0.15) is 5.82 Å². The number of ketones is 3. The van der Waals surface area contributed by atoms with Crippen LogP contribution in [0.25, 0.3) is 0 Å². The number of aromatic nitrogens is 2. The standard InChI is InChI=1S/C27H29ClFN3O4/c1-31-17-19(12-24(31)25(33)3-2-6-32-7-9-36-10-8-32)14-27(35)23-11-18(16-30-23)13-26(34)21-5-4-20(28)15-22(21)29/h4-5,11-12,15-17,30H,2-3,6-10,13-14H2,1H3. The Morgan fingerprint density at radius 1 is 1.03 bits per heavy atom. The van der Waals surface area contributed by atoms with Gasteiger partial charge < -0.3 is 14.3 Å². The summed E-state index contributed by atoms with van der Waals surface area (Å²) in [6.45, 7) is 4.15. The van der Waals surface area contributed by atoms with Crippen molar-refractivity contribution in [3.05, 3.63) is 81.6 Å². The molecule has 4 rings (SSSR count). The maximum absolute atomic E-state index is 14.0. The van der Waals surface area contributed by atoms with E-state index in [4.69, 9.17) is 16.3 Å². The average molecular weight is 514 g/mol. The zero-order valence-electron chi connectivity index (χ0n) is 20.2. The lowest BCUT2D eigenvalue weighted by atomic mass is 10.0. The number of hydrogen-bond acceptors (Lipinski definition) is 5. The zero-order chi connectivity index (χ0) is 25.7. The third kappa shape index (κ3) is 6.57. The van der Waals surface area contributed by atoms with E-state index in [2.05, 4.69) is 9.88 Å². The van der Waals surface area contributed by atoms with Crippen LogP contribution in [0, 0.1) is 5.82 Å². The molecule has 0 aliphatic carbocycles. The minimum absolute atomic E-state index is 0.0418. The Hall–Kier alpha value is -3.07. The molecular formula is C27H29ClFN3O4. The number of aromatic amines is 1. The monoisotopic (exact) mass is 513 g/mol. The molecule has 2 aromatic heterocycles. The average Bonchev–Trinajstić information content (AvgIpc) is 3.46. The van der Waals surface area contributed by atoms with Gasteiger partial charge in [0.15, 0.2) is 17.3 Å². The quantitative estimate of drug-likeness (QED) is 0.387. The third-order valence-electron chi connectivity index (χ3n) is 6.33. The van der Waals surface area contributed by atoms with Gasteiger partial charge >= 0.3 is 0 Å². The summed E-state index contributed by atoms with van der Waals surface area (Å²) in [5.41, 5.74) is 2.23. The maximum Gasteiger partial charge on any atom is 0.183 e. The molecule has 3 heterocycles. The number of aryl methyl sites for hydroxylation is 1. The smallest absolute Gasteiger partial charge is 0.183 e. The van der Waals surface area contributed by atoms with Gasteiger partial charge in [-0.15, -0.1) is 0 Å². The number of nitrogens with one attached hydrogen (secondary N) is 1. The number of ether oxygens (including phenoxy) is 1. The summed E-state index contributed by atoms with van der Waals surface area (Å²) in [7, 11) is 1.80. The topological polar surface area (TPSA) is 84.4 Å². The molecule has 0 bridgehead atoms. The molecule has 3 aromatic rings. The minimum atomic E-state index is -0.671. The normalized spacial score (nSPS) is 14.2. The molecular weight excluding hydrogens is 485 g/mol. The molecule has 36 heavy (non-hydrogen) atoms. The van der Waals surface area contributed by atoms with Gasteiger partial charge in [-0.3, -0.25) is 19.3 Å². The van der Waals surface area contributed by atoms with E-state index in [0.717, 1.165) is 50.9 Å². The SMILES string of the molecule is Cn1cc(CC(=O)c2cc(CC(=O)c3ccc(Cl)cc3F)c[nH]2)cc1C(=O)CCCN1CCOCC1. The molecule has 1 N–H and O–H groups in total. The fourth-order valence-corrected chi connectivity index (χ4v) is 4.56. The lowest BCUT2D eigenvalue weighted by Gasteiger charge is -2.26. The molecule has 0 spiro atoms. The van der Waals surface area contributed by atoms with E-state index in [0.29, 0.717) is 23.4 Å². The van der Waals surface area contributed by atoms with Crippen molar-refractivity contribution < 1.29 is 23.5 Å². The molecule has 0 atom stereocenters. The van der Waals surface area contributed by atoms with E-state index in [1.165, 1.54) is 12.1 Å². The van der Waals surface area contributed by atoms with Crippen LogP contribution in [0.15, 0.2) is 42.7 Å². The van der Waals surface area contributed by atoms with Gasteiger partial charge in [-0.05, 0) is 54.4 Å². The number of Topliss-reactive ketones (excluding diaryl/α,β-unsaturated/α-hetero) is 3. The predicted molar refractivity (Wildman–Crippen MR) is 135 cm³/mol. The van der Waals surface area contributed by atoms with Crippen molar-refractivity contribution in [1.82, 2.24) is 14.5 Å². The third-order valence-corrected chi connectivity index (χ3v) is 6.57. The van der Waals surface area contributed by atoms with Gasteiger partial charge in [0.05, 0.1) is 30.2 Å². The second-order valence-corrected chi connectivity index (χ2v) is 9.51. The van der Waals surface area contributed by atoms with Crippen LogP contribution in [0.5, 0.6) is 0 Å². The minimum Gasteiger partial charge on any atom is -0.379 e. The summed E-state index contributed by atoms with van der Waals surface area (Å²) in [5.74, 6) is -1.18. The molecule has 1 aliphatic rings.